The monoisotopic (exact) mass is 1040 g/mol. The molecule has 9 aromatic rings. The molecule has 0 bridgehead atoms. The largest absolute Gasteiger partial charge is 0.509 e. The zero-order valence-electron chi connectivity index (χ0n) is 39.2. The van der Waals surface area contributed by atoms with Crippen molar-refractivity contribution in [3.63, 3.8) is 0 Å². The molecule has 0 spiro atoms. The van der Waals surface area contributed by atoms with Crippen molar-refractivity contribution in [1.29, 1.82) is 0 Å². The first-order valence-corrected chi connectivity index (χ1v) is 22.6. The Balaban J connectivity index is 0.00000548. The molecule has 0 saturated carbocycles. The van der Waals surface area contributed by atoms with Crippen LogP contribution >= 0.6 is 0 Å². The van der Waals surface area contributed by atoms with Crippen molar-refractivity contribution in [2.45, 2.75) is 78.6 Å². The number of aromatic nitrogens is 2. The number of pyridine rings is 1. The maximum Gasteiger partial charge on any atom is 0.135 e. The third-order valence-electron chi connectivity index (χ3n) is 13.6. The number of benzene rings is 7. The number of hydrogen-bond acceptors (Lipinski definition) is 4. The van der Waals surface area contributed by atoms with E-state index in [-0.39, 0.29) is 37.3 Å². The Morgan fingerprint density at radius 3 is 1.76 bits per heavy atom. The molecule has 66 heavy (non-hydrogen) atoms. The number of rotatable bonds is 9. The van der Waals surface area contributed by atoms with Gasteiger partial charge in [0.15, 0.2) is 0 Å². The van der Waals surface area contributed by atoms with Crippen LogP contribution < -0.4 is 14.5 Å². The Hall–Kier alpha value is -6.42. The Kier molecular flexibility index (Phi) is 11.6. The molecule has 0 amide bonds. The molecular formula is C60H55N4OPt-3. The predicted octanol–water partition coefficient (Wildman–Crippen LogP) is 15.5. The van der Waals surface area contributed by atoms with E-state index in [2.05, 4.69) is 247 Å². The van der Waals surface area contributed by atoms with Crippen LogP contribution in [0.4, 0.5) is 22.7 Å². The van der Waals surface area contributed by atoms with Gasteiger partial charge in [0.1, 0.15) is 5.82 Å². The minimum absolute atomic E-state index is 0. The van der Waals surface area contributed by atoms with Gasteiger partial charge in [-0.2, -0.15) is 6.07 Å². The number of para-hydroxylation sites is 1. The summed E-state index contributed by atoms with van der Waals surface area (Å²) in [6.45, 7) is 22.4. The maximum absolute atomic E-state index is 6.87. The third kappa shape index (κ3) is 8.02. The van der Waals surface area contributed by atoms with Crippen molar-refractivity contribution in [2.75, 3.05) is 9.80 Å². The third-order valence-corrected chi connectivity index (χ3v) is 13.6. The molecule has 3 heterocycles. The summed E-state index contributed by atoms with van der Waals surface area (Å²) in [6, 6.07) is 63.8. The second-order valence-electron chi connectivity index (χ2n) is 19.6. The first-order chi connectivity index (χ1) is 31.2. The smallest absolute Gasteiger partial charge is 0.135 e. The van der Waals surface area contributed by atoms with E-state index in [1.165, 1.54) is 33.4 Å². The van der Waals surface area contributed by atoms with Crippen LogP contribution in [0.2, 0.25) is 0 Å². The molecule has 334 valence electrons. The summed E-state index contributed by atoms with van der Waals surface area (Å²) in [6.07, 6.45) is 1.92. The van der Waals surface area contributed by atoms with Gasteiger partial charge < -0.3 is 19.1 Å². The van der Waals surface area contributed by atoms with Gasteiger partial charge in [0.25, 0.3) is 0 Å². The zero-order chi connectivity index (χ0) is 45.3. The van der Waals surface area contributed by atoms with Gasteiger partial charge in [-0.25, -0.2) is 4.98 Å². The molecule has 6 heteroatoms. The quantitative estimate of drug-likeness (QED) is 0.135. The normalized spacial score (nSPS) is 13.0. The van der Waals surface area contributed by atoms with E-state index < -0.39 is 0 Å². The Bertz CT molecular complexity index is 3220. The van der Waals surface area contributed by atoms with Crippen LogP contribution in [0.15, 0.2) is 164 Å². The first kappa shape index (κ1) is 44.8. The van der Waals surface area contributed by atoms with Crippen molar-refractivity contribution < 1.29 is 25.8 Å². The molecule has 5 nitrogen and oxygen atoms in total. The van der Waals surface area contributed by atoms with Crippen LogP contribution in [0.1, 0.15) is 87.4 Å². The molecule has 1 aliphatic rings. The van der Waals surface area contributed by atoms with Crippen LogP contribution in [0.5, 0.6) is 11.5 Å². The summed E-state index contributed by atoms with van der Waals surface area (Å²) in [7, 11) is 0. The van der Waals surface area contributed by atoms with Crippen LogP contribution in [0.25, 0.3) is 27.6 Å². The number of ether oxygens (including phenoxy) is 1. The molecule has 1 aliphatic heterocycles. The molecule has 7 aromatic carbocycles. The van der Waals surface area contributed by atoms with E-state index in [0.717, 1.165) is 55.9 Å². The summed E-state index contributed by atoms with van der Waals surface area (Å²) < 4.78 is 9.09. The summed E-state index contributed by atoms with van der Waals surface area (Å²) in [5, 5.41) is 2.22. The van der Waals surface area contributed by atoms with Crippen molar-refractivity contribution >= 4 is 44.6 Å². The van der Waals surface area contributed by atoms with Gasteiger partial charge in [-0.3, -0.25) is 0 Å². The van der Waals surface area contributed by atoms with Crippen molar-refractivity contribution in [3.8, 4) is 17.3 Å². The summed E-state index contributed by atoms with van der Waals surface area (Å²) >= 11 is 0. The number of aryl methyl sites for hydroxylation is 2. The topological polar surface area (TPSA) is 33.5 Å². The van der Waals surface area contributed by atoms with Crippen molar-refractivity contribution in [1.82, 2.24) is 9.55 Å². The molecular weight excluding hydrogens is 988 g/mol. The zero-order valence-corrected chi connectivity index (χ0v) is 41.5. The summed E-state index contributed by atoms with van der Waals surface area (Å²) in [5.74, 6) is 2.07. The fourth-order valence-corrected chi connectivity index (χ4v) is 9.26. The van der Waals surface area contributed by atoms with E-state index in [0.29, 0.717) is 11.5 Å². The van der Waals surface area contributed by atoms with Crippen LogP contribution in [0.3, 0.4) is 0 Å². The number of fused-ring (bicyclic) bond motifs is 4. The van der Waals surface area contributed by atoms with Crippen LogP contribution in [-0.2, 0) is 37.3 Å². The van der Waals surface area contributed by atoms with Crippen LogP contribution in [0, 0.1) is 32.6 Å². The van der Waals surface area contributed by atoms with E-state index in [9.17, 15) is 0 Å². The van der Waals surface area contributed by atoms with Gasteiger partial charge in [0, 0.05) is 72.2 Å². The summed E-state index contributed by atoms with van der Waals surface area (Å²) in [4.78, 5) is 9.52. The average molecular weight is 1040 g/mol. The van der Waals surface area contributed by atoms with E-state index >= 15 is 0 Å². The fourth-order valence-electron chi connectivity index (χ4n) is 9.26. The van der Waals surface area contributed by atoms with Gasteiger partial charge in [-0.15, -0.1) is 53.6 Å². The van der Waals surface area contributed by atoms with Gasteiger partial charge in [0.05, 0.1) is 0 Å². The molecule has 2 aromatic heterocycles. The standard InChI is InChI=1S/C60H55N4O.Pt/c1-40-32-55-56(33-41(40)2)63(39-62(55)47-26-24-44(25-27-47)59(6,7)42-18-12-10-13-19-42)48-34-46(58(3,4)5)35-50(37-48)65-49-28-29-52-51-22-16-17-23-53(51)64(54(52)38-49)57-36-45(30-31-61-57)60(8,9)43-20-14-11-15-21-43;/h10-36,39H,1-9H3;/q-3;. The Morgan fingerprint density at radius 2 is 1.11 bits per heavy atom. The minimum Gasteiger partial charge on any atom is -0.509 e. The molecule has 0 saturated heterocycles. The average Bonchev–Trinajstić information content (AvgIpc) is 3.84. The second kappa shape index (κ2) is 17.1. The molecule has 0 fully saturated rings. The Labute approximate surface area is 405 Å². The molecule has 0 N–H and O–H groups in total. The second-order valence-corrected chi connectivity index (χ2v) is 19.6. The molecule has 0 unspecified atom stereocenters. The molecule has 0 aliphatic carbocycles. The maximum atomic E-state index is 6.87. The molecule has 10 rings (SSSR count). The van der Waals surface area contributed by atoms with Gasteiger partial charge in [0.2, 0.25) is 0 Å². The van der Waals surface area contributed by atoms with E-state index in [4.69, 9.17) is 9.72 Å². The van der Waals surface area contributed by atoms with E-state index in [1.54, 1.807) is 0 Å². The van der Waals surface area contributed by atoms with Crippen LogP contribution in [-0.4, -0.2) is 9.55 Å². The predicted molar refractivity (Wildman–Crippen MR) is 270 cm³/mol. The number of anilines is 4. The fraction of sp³-hybridized carbons (Fsp3) is 0.200. The van der Waals surface area contributed by atoms with Gasteiger partial charge in [-0.1, -0.05) is 145 Å². The number of nitrogens with zero attached hydrogens (tertiary/aromatic N) is 4. The van der Waals surface area contributed by atoms with Gasteiger partial charge in [-0.05, 0) is 100 Å². The van der Waals surface area contributed by atoms with E-state index in [1.807, 2.05) is 12.3 Å². The molecule has 0 radical (unpaired) electrons. The number of hydrogen-bond donors (Lipinski definition) is 0. The van der Waals surface area contributed by atoms with Crippen molar-refractivity contribution in [2.24, 2.45) is 0 Å². The first-order valence-electron chi connectivity index (χ1n) is 22.6. The summed E-state index contributed by atoms with van der Waals surface area (Å²) in [5.41, 5.74) is 14.3. The SMILES string of the molecule is Cc1cc2c(cc1C)N(c1ccc(C(C)(C)c3ccccc3)cc1)[CH-]N2c1[c-]c(Oc2[c-]c3c(cc2)c2ccccc2n3-c2cc(C(C)(C)c3ccccc3)ccn2)cc(C(C)(C)C)c1.[Pt]. The Morgan fingerprint density at radius 1 is 0.515 bits per heavy atom. The van der Waals surface area contributed by atoms with Gasteiger partial charge >= 0.3 is 0 Å². The molecule has 0 atom stereocenters. The van der Waals surface area contributed by atoms with Crippen molar-refractivity contribution in [3.05, 3.63) is 222 Å². The minimum atomic E-state index is -0.229.